The highest BCUT2D eigenvalue weighted by Crippen LogP contribution is 2.40. The van der Waals surface area contributed by atoms with E-state index in [0.29, 0.717) is 11.4 Å². The molecule has 27 heavy (non-hydrogen) atoms. The lowest BCUT2D eigenvalue weighted by atomic mass is 9.95. The van der Waals surface area contributed by atoms with Gasteiger partial charge in [-0.2, -0.15) is 0 Å². The zero-order valence-corrected chi connectivity index (χ0v) is 16.6. The summed E-state index contributed by atoms with van der Waals surface area (Å²) < 4.78 is 0. The number of carbonyl (C=O) groups excluding carboxylic acids is 2. The lowest BCUT2D eigenvalue weighted by Crippen LogP contribution is -2.32. The van der Waals surface area contributed by atoms with Crippen LogP contribution in [0.3, 0.4) is 0 Å². The van der Waals surface area contributed by atoms with Crippen molar-refractivity contribution in [3.63, 3.8) is 0 Å². The van der Waals surface area contributed by atoms with E-state index < -0.39 is 17.7 Å². The summed E-state index contributed by atoms with van der Waals surface area (Å²) in [4.78, 5) is 29.9. The molecule has 0 saturated heterocycles. The van der Waals surface area contributed by atoms with Crippen molar-refractivity contribution < 1.29 is 14.7 Å². The average molecular weight is 385 g/mol. The van der Waals surface area contributed by atoms with Gasteiger partial charge in [-0.05, 0) is 35.6 Å². The Balaban J connectivity index is 2.05. The fourth-order valence-electron chi connectivity index (χ4n) is 3.29. The molecular weight excluding hydrogens is 360 g/mol. The van der Waals surface area contributed by atoms with E-state index in [4.69, 9.17) is 0 Å². The molecule has 6 heteroatoms. The number of hydrogen-bond acceptors (Lipinski definition) is 5. The SMILES string of the molecule is CCCCN1C(=O)C(O)=C(C(=O)c2cccs2)C1c1ccc(N(C)C)cc1. The van der Waals surface area contributed by atoms with Crippen molar-refractivity contribution in [2.75, 3.05) is 25.5 Å². The third kappa shape index (κ3) is 3.62. The van der Waals surface area contributed by atoms with E-state index in [1.807, 2.05) is 55.6 Å². The molecule has 0 fully saturated rings. The summed E-state index contributed by atoms with van der Waals surface area (Å²) >= 11 is 1.31. The Hall–Kier alpha value is -2.60. The Morgan fingerprint density at radius 3 is 2.48 bits per heavy atom. The zero-order valence-electron chi connectivity index (χ0n) is 15.8. The molecule has 1 aliphatic rings. The van der Waals surface area contributed by atoms with Gasteiger partial charge in [-0.1, -0.05) is 31.5 Å². The summed E-state index contributed by atoms with van der Waals surface area (Å²) in [6, 6.07) is 10.7. The van der Waals surface area contributed by atoms with Gasteiger partial charge >= 0.3 is 0 Å². The number of rotatable bonds is 7. The third-order valence-corrected chi connectivity index (χ3v) is 5.64. The largest absolute Gasteiger partial charge is 0.503 e. The molecule has 1 amide bonds. The van der Waals surface area contributed by atoms with Gasteiger partial charge in [0.05, 0.1) is 16.5 Å². The Bertz CT molecular complexity index is 854. The highest BCUT2D eigenvalue weighted by Gasteiger charge is 2.43. The van der Waals surface area contributed by atoms with E-state index in [-0.39, 0.29) is 11.4 Å². The number of hydrogen-bond donors (Lipinski definition) is 1. The molecule has 2 aromatic rings. The summed E-state index contributed by atoms with van der Waals surface area (Å²) in [5, 5.41) is 12.4. The average Bonchev–Trinajstić information content (AvgIpc) is 3.28. The first kappa shape index (κ1) is 19.2. The standard InChI is InChI=1S/C21H24N2O3S/c1-4-5-12-23-18(14-8-10-15(11-9-14)22(2)3)17(20(25)21(23)26)19(24)16-7-6-13-27-16/h6-11,13,18,25H,4-5,12H2,1-3H3. The second-order valence-corrected chi connectivity index (χ2v) is 7.76. The van der Waals surface area contributed by atoms with E-state index in [9.17, 15) is 14.7 Å². The molecule has 1 aromatic carbocycles. The monoisotopic (exact) mass is 384 g/mol. The lowest BCUT2D eigenvalue weighted by Gasteiger charge is -2.27. The molecule has 0 spiro atoms. The van der Waals surface area contributed by atoms with E-state index >= 15 is 0 Å². The number of anilines is 1. The van der Waals surface area contributed by atoms with Crippen LogP contribution in [0.5, 0.6) is 0 Å². The Labute approximate surface area is 163 Å². The van der Waals surface area contributed by atoms with Gasteiger partial charge in [0.2, 0.25) is 5.78 Å². The minimum Gasteiger partial charge on any atom is -0.503 e. The lowest BCUT2D eigenvalue weighted by molar-refractivity contribution is -0.129. The fourth-order valence-corrected chi connectivity index (χ4v) is 3.96. The number of benzene rings is 1. The number of thiophene rings is 1. The fraction of sp³-hybridized carbons (Fsp3) is 0.333. The first-order chi connectivity index (χ1) is 13.0. The number of unbranched alkanes of at least 4 members (excludes halogenated alkanes) is 1. The molecule has 142 valence electrons. The molecule has 0 radical (unpaired) electrons. The molecule has 0 aliphatic carbocycles. The van der Waals surface area contributed by atoms with Crippen molar-refractivity contribution in [3.8, 4) is 0 Å². The maximum atomic E-state index is 13.0. The minimum atomic E-state index is -0.560. The van der Waals surface area contributed by atoms with Crippen LogP contribution in [0.25, 0.3) is 0 Å². The number of Topliss-reactive ketones (excluding diaryl/α,β-unsaturated/α-hetero) is 1. The van der Waals surface area contributed by atoms with Crippen LogP contribution in [-0.4, -0.2) is 42.3 Å². The summed E-state index contributed by atoms with van der Waals surface area (Å²) in [7, 11) is 3.91. The van der Waals surface area contributed by atoms with Gasteiger partial charge in [0.1, 0.15) is 0 Å². The molecule has 1 unspecified atom stereocenters. The highest BCUT2D eigenvalue weighted by atomic mass is 32.1. The highest BCUT2D eigenvalue weighted by molar-refractivity contribution is 7.12. The van der Waals surface area contributed by atoms with Crippen molar-refractivity contribution in [2.45, 2.75) is 25.8 Å². The summed E-state index contributed by atoms with van der Waals surface area (Å²) in [5.41, 5.74) is 2.03. The molecule has 0 saturated carbocycles. The van der Waals surface area contributed by atoms with Crippen molar-refractivity contribution in [2.24, 2.45) is 0 Å². The van der Waals surface area contributed by atoms with Crippen LogP contribution < -0.4 is 4.90 Å². The maximum Gasteiger partial charge on any atom is 0.290 e. The van der Waals surface area contributed by atoms with E-state index in [1.165, 1.54) is 11.3 Å². The zero-order chi connectivity index (χ0) is 19.6. The number of amides is 1. The van der Waals surface area contributed by atoms with Crippen molar-refractivity contribution in [1.29, 1.82) is 0 Å². The number of aliphatic hydroxyl groups is 1. The summed E-state index contributed by atoms with van der Waals surface area (Å²) in [6.07, 6.45) is 1.73. The van der Waals surface area contributed by atoms with Gasteiger partial charge in [0.15, 0.2) is 5.76 Å². The number of aliphatic hydroxyl groups excluding tert-OH is 1. The molecule has 5 nitrogen and oxygen atoms in total. The van der Waals surface area contributed by atoms with Crippen LogP contribution in [0.2, 0.25) is 0 Å². The normalized spacial score (nSPS) is 16.9. The van der Waals surface area contributed by atoms with Crippen LogP contribution in [0.4, 0.5) is 5.69 Å². The number of nitrogens with zero attached hydrogens (tertiary/aromatic N) is 2. The molecule has 1 atom stereocenters. The van der Waals surface area contributed by atoms with E-state index in [2.05, 4.69) is 0 Å². The second kappa shape index (κ2) is 7.96. The Morgan fingerprint density at radius 1 is 1.22 bits per heavy atom. The van der Waals surface area contributed by atoms with E-state index in [0.717, 1.165) is 24.1 Å². The number of ketones is 1. The van der Waals surface area contributed by atoms with Gasteiger partial charge in [-0.15, -0.1) is 11.3 Å². The van der Waals surface area contributed by atoms with Crippen molar-refractivity contribution >= 4 is 28.7 Å². The second-order valence-electron chi connectivity index (χ2n) is 6.81. The first-order valence-corrected chi connectivity index (χ1v) is 9.93. The molecule has 1 aliphatic heterocycles. The van der Waals surface area contributed by atoms with Gasteiger partial charge in [0.25, 0.3) is 5.91 Å². The van der Waals surface area contributed by atoms with Crippen LogP contribution >= 0.6 is 11.3 Å². The number of carbonyl (C=O) groups is 2. The van der Waals surface area contributed by atoms with Crippen molar-refractivity contribution in [1.82, 2.24) is 4.90 Å². The van der Waals surface area contributed by atoms with Crippen LogP contribution in [-0.2, 0) is 4.79 Å². The van der Waals surface area contributed by atoms with Crippen LogP contribution in [0.15, 0.2) is 53.1 Å². The first-order valence-electron chi connectivity index (χ1n) is 9.05. The van der Waals surface area contributed by atoms with Gasteiger partial charge < -0.3 is 14.9 Å². The van der Waals surface area contributed by atoms with Gasteiger partial charge in [-0.25, -0.2) is 0 Å². The quantitative estimate of drug-likeness (QED) is 0.727. The topological polar surface area (TPSA) is 60.9 Å². The summed E-state index contributed by atoms with van der Waals surface area (Å²) in [6.45, 7) is 2.55. The Morgan fingerprint density at radius 2 is 1.93 bits per heavy atom. The third-order valence-electron chi connectivity index (χ3n) is 4.77. The summed E-state index contributed by atoms with van der Waals surface area (Å²) in [5.74, 6) is -1.17. The molecule has 0 bridgehead atoms. The van der Waals surface area contributed by atoms with E-state index in [1.54, 1.807) is 17.0 Å². The minimum absolute atomic E-state index is 0.177. The molecule has 2 heterocycles. The smallest absolute Gasteiger partial charge is 0.290 e. The molecule has 3 rings (SSSR count). The molecule has 1 N–H and O–H groups in total. The van der Waals surface area contributed by atoms with Gasteiger partial charge in [0, 0.05) is 26.3 Å². The van der Waals surface area contributed by atoms with Crippen molar-refractivity contribution in [3.05, 3.63) is 63.6 Å². The molecule has 1 aromatic heterocycles. The Kier molecular flexibility index (Phi) is 5.65. The van der Waals surface area contributed by atoms with Gasteiger partial charge in [-0.3, -0.25) is 9.59 Å². The predicted molar refractivity (Wildman–Crippen MR) is 108 cm³/mol. The maximum absolute atomic E-state index is 13.0. The predicted octanol–water partition coefficient (Wildman–Crippen LogP) is 4.19. The molecular formula is C21H24N2O3S. The van der Waals surface area contributed by atoms with Crippen LogP contribution in [0, 0.1) is 0 Å². The van der Waals surface area contributed by atoms with Crippen LogP contribution in [0.1, 0.15) is 41.0 Å².